The van der Waals surface area contributed by atoms with E-state index in [1.54, 1.807) is 6.20 Å². The van der Waals surface area contributed by atoms with Crippen LogP contribution in [0.25, 0.3) is 76.8 Å². The van der Waals surface area contributed by atoms with E-state index in [1.807, 2.05) is 24.7 Å². The lowest BCUT2D eigenvalue weighted by molar-refractivity contribution is 1.30. The Balaban J connectivity index is 1.29. The second-order valence-corrected chi connectivity index (χ2v) is 11.2. The Morgan fingerprint density at radius 2 is 0.907 bits per heavy atom. The third kappa shape index (κ3) is 4.45. The average molecular weight is 549 g/mol. The maximum Gasteiger partial charge on any atom is 0.0347 e. The Morgan fingerprint density at radius 1 is 0.372 bits per heavy atom. The number of hydrogen-bond acceptors (Lipinski definition) is 2. The average Bonchev–Trinajstić information content (AvgIpc) is 3.07. The standard InChI is InChI=1S/C41H28N2/c1-27-12-13-31-22-32(19-18-30(31)21-27)41-38-10-4-2-8-36(38)40(37-9-3-5-11-39(37)41)29-16-14-28(15-17-29)34-23-35(26-43-25-34)33-7-6-20-42-24-33/h2-26H,1H3. The first-order valence-electron chi connectivity index (χ1n) is 14.6. The molecule has 0 bridgehead atoms. The number of fused-ring (bicyclic) bond motifs is 3. The minimum Gasteiger partial charge on any atom is -0.264 e. The summed E-state index contributed by atoms with van der Waals surface area (Å²) in [5, 5.41) is 7.58. The van der Waals surface area contributed by atoms with E-state index in [-0.39, 0.29) is 0 Å². The lowest BCUT2D eigenvalue weighted by Crippen LogP contribution is -1.91. The van der Waals surface area contributed by atoms with Gasteiger partial charge in [-0.25, -0.2) is 0 Å². The molecule has 0 radical (unpaired) electrons. The molecule has 0 saturated carbocycles. The number of aromatic nitrogens is 2. The van der Waals surface area contributed by atoms with Crippen molar-refractivity contribution in [2.75, 3.05) is 0 Å². The Labute approximate surface area is 251 Å². The molecule has 2 aromatic heterocycles. The summed E-state index contributed by atoms with van der Waals surface area (Å²) in [4.78, 5) is 8.81. The van der Waals surface area contributed by atoms with Gasteiger partial charge in [-0.15, -0.1) is 0 Å². The van der Waals surface area contributed by atoms with E-state index >= 15 is 0 Å². The molecule has 0 atom stereocenters. The molecule has 0 saturated heterocycles. The summed E-state index contributed by atoms with van der Waals surface area (Å²) in [6.07, 6.45) is 7.50. The molecule has 0 aliphatic carbocycles. The van der Waals surface area contributed by atoms with E-state index in [0.717, 1.165) is 22.3 Å². The fourth-order valence-corrected chi connectivity index (χ4v) is 6.39. The number of benzene rings is 6. The molecule has 43 heavy (non-hydrogen) atoms. The largest absolute Gasteiger partial charge is 0.264 e. The van der Waals surface area contributed by atoms with Crippen LogP contribution in [0.15, 0.2) is 152 Å². The van der Waals surface area contributed by atoms with Gasteiger partial charge in [-0.1, -0.05) is 115 Å². The van der Waals surface area contributed by atoms with Crippen molar-refractivity contribution < 1.29 is 0 Å². The molecule has 0 N–H and O–H groups in total. The summed E-state index contributed by atoms with van der Waals surface area (Å²) in [5.74, 6) is 0. The van der Waals surface area contributed by atoms with Crippen LogP contribution in [0.2, 0.25) is 0 Å². The van der Waals surface area contributed by atoms with Crippen LogP contribution in [-0.2, 0) is 0 Å². The van der Waals surface area contributed by atoms with Gasteiger partial charge in [0.15, 0.2) is 0 Å². The van der Waals surface area contributed by atoms with Gasteiger partial charge in [0, 0.05) is 41.5 Å². The van der Waals surface area contributed by atoms with Crippen molar-refractivity contribution in [3.63, 3.8) is 0 Å². The molecule has 0 spiro atoms. The van der Waals surface area contributed by atoms with Gasteiger partial charge < -0.3 is 0 Å². The van der Waals surface area contributed by atoms with Gasteiger partial charge >= 0.3 is 0 Å². The Hall–Kier alpha value is -5.60. The summed E-state index contributed by atoms with van der Waals surface area (Å²) >= 11 is 0. The van der Waals surface area contributed by atoms with Crippen LogP contribution >= 0.6 is 0 Å². The van der Waals surface area contributed by atoms with Crippen LogP contribution in [0.3, 0.4) is 0 Å². The molecule has 0 aliphatic rings. The molecule has 2 heterocycles. The zero-order valence-electron chi connectivity index (χ0n) is 23.8. The van der Waals surface area contributed by atoms with Gasteiger partial charge in [-0.05, 0) is 85.3 Å². The number of hydrogen-bond donors (Lipinski definition) is 0. The summed E-state index contributed by atoms with van der Waals surface area (Å²) in [5.41, 5.74) is 10.6. The summed E-state index contributed by atoms with van der Waals surface area (Å²) in [6.45, 7) is 2.15. The van der Waals surface area contributed by atoms with Crippen LogP contribution in [0.4, 0.5) is 0 Å². The van der Waals surface area contributed by atoms with Crippen molar-refractivity contribution in [2.24, 2.45) is 0 Å². The molecular formula is C41H28N2. The maximum absolute atomic E-state index is 4.53. The molecular weight excluding hydrogens is 520 g/mol. The van der Waals surface area contributed by atoms with E-state index in [0.29, 0.717) is 0 Å². The normalized spacial score (nSPS) is 11.4. The predicted octanol–water partition coefficient (Wildman–Crippen LogP) is 10.9. The summed E-state index contributed by atoms with van der Waals surface area (Å²) < 4.78 is 0. The van der Waals surface area contributed by atoms with Crippen LogP contribution in [-0.4, -0.2) is 9.97 Å². The predicted molar refractivity (Wildman–Crippen MR) is 181 cm³/mol. The second kappa shape index (κ2) is 10.3. The maximum atomic E-state index is 4.53. The topological polar surface area (TPSA) is 25.8 Å². The van der Waals surface area contributed by atoms with Gasteiger partial charge in [-0.3, -0.25) is 9.97 Å². The lowest BCUT2D eigenvalue weighted by atomic mass is 9.85. The highest BCUT2D eigenvalue weighted by molar-refractivity contribution is 6.21. The number of rotatable bonds is 4. The van der Waals surface area contributed by atoms with Crippen molar-refractivity contribution >= 4 is 32.3 Å². The first-order valence-corrected chi connectivity index (χ1v) is 14.6. The third-order valence-corrected chi connectivity index (χ3v) is 8.46. The lowest BCUT2D eigenvalue weighted by Gasteiger charge is -2.18. The first-order chi connectivity index (χ1) is 21.2. The zero-order chi connectivity index (χ0) is 28.8. The summed E-state index contributed by atoms with van der Waals surface area (Å²) in [6, 6.07) is 46.3. The van der Waals surface area contributed by atoms with Gasteiger partial charge in [0.2, 0.25) is 0 Å². The highest BCUT2D eigenvalue weighted by Gasteiger charge is 2.17. The van der Waals surface area contributed by atoms with Gasteiger partial charge in [0.05, 0.1) is 0 Å². The molecule has 0 amide bonds. The number of nitrogens with zero attached hydrogens (tertiary/aromatic N) is 2. The Kier molecular flexibility index (Phi) is 6.05. The highest BCUT2D eigenvalue weighted by atomic mass is 14.6. The van der Waals surface area contributed by atoms with E-state index in [1.165, 1.54) is 60.1 Å². The van der Waals surface area contributed by atoms with Crippen LogP contribution in [0, 0.1) is 6.92 Å². The molecule has 0 aliphatic heterocycles. The summed E-state index contributed by atoms with van der Waals surface area (Å²) in [7, 11) is 0. The first kappa shape index (κ1) is 25.1. The van der Waals surface area contributed by atoms with Crippen LogP contribution < -0.4 is 0 Å². The molecule has 2 nitrogen and oxygen atoms in total. The van der Waals surface area contributed by atoms with Crippen molar-refractivity contribution in [1.82, 2.24) is 9.97 Å². The van der Waals surface area contributed by atoms with Gasteiger partial charge in [0.25, 0.3) is 0 Å². The monoisotopic (exact) mass is 548 g/mol. The van der Waals surface area contributed by atoms with E-state index in [4.69, 9.17) is 0 Å². The van der Waals surface area contributed by atoms with E-state index < -0.39 is 0 Å². The van der Waals surface area contributed by atoms with E-state index in [9.17, 15) is 0 Å². The highest BCUT2D eigenvalue weighted by Crippen LogP contribution is 2.44. The minimum absolute atomic E-state index is 1.06. The van der Waals surface area contributed by atoms with Crippen molar-refractivity contribution in [3.05, 3.63) is 158 Å². The van der Waals surface area contributed by atoms with Crippen molar-refractivity contribution in [2.45, 2.75) is 6.92 Å². The SMILES string of the molecule is Cc1ccc2cc(-c3c4ccccc4c(-c4ccc(-c5cncc(-c6cccnc6)c5)cc4)c4ccccc34)ccc2c1. The zero-order valence-corrected chi connectivity index (χ0v) is 23.8. The van der Waals surface area contributed by atoms with Crippen LogP contribution in [0.5, 0.6) is 0 Å². The number of pyridine rings is 2. The van der Waals surface area contributed by atoms with Gasteiger partial charge in [-0.2, -0.15) is 0 Å². The molecule has 2 heteroatoms. The fraction of sp³-hybridized carbons (Fsp3) is 0.0244. The third-order valence-electron chi connectivity index (χ3n) is 8.46. The number of aryl methyl sites for hydroxylation is 1. The quantitative estimate of drug-likeness (QED) is 0.204. The molecule has 202 valence electrons. The molecule has 8 rings (SSSR count). The van der Waals surface area contributed by atoms with E-state index in [2.05, 4.69) is 138 Å². The van der Waals surface area contributed by atoms with Crippen LogP contribution in [0.1, 0.15) is 5.56 Å². The molecule has 0 fully saturated rings. The minimum atomic E-state index is 1.06. The Bertz CT molecular complexity index is 2230. The van der Waals surface area contributed by atoms with Crippen molar-refractivity contribution in [3.8, 4) is 44.5 Å². The smallest absolute Gasteiger partial charge is 0.0347 e. The van der Waals surface area contributed by atoms with Gasteiger partial charge in [0.1, 0.15) is 0 Å². The fourth-order valence-electron chi connectivity index (χ4n) is 6.39. The second-order valence-electron chi connectivity index (χ2n) is 11.2. The molecule has 6 aromatic carbocycles. The van der Waals surface area contributed by atoms with Crippen molar-refractivity contribution in [1.29, 1.82) is 0 Å². The molecule has 0 unspecified atom stereocenters. The Morgan fingerprint density at radius 3 is 1.56 bits per heavy atom. The molecule has 8 aromatic rings.